The van der Waals surface area contributed by atoms with E-state index in [4.69, 9.17) is 5.73 Å². The maximum atomic E-state index is 11.5. The van der Waals surface area contributed by atoms with Gasteiger partial charge in [-0.2, -0.15) is 0 Å². The number of nitrogens with two attached hydrogens (primary N) is 1. The van der Waals surface area contributed by atoms with Crippen LogP contribution in [0.25, 0.3) is 0 Å². The Kier molecular flexibility index (Phi) is 3.60. The van der Waals surface area contributed by atoms with Crippen molar-refractivity contribution in [1.29, 1.82) is 0 Å². The summed E-state index contributed by atoms with van der Waals surface area (Å²) in [7, 11) is 1.11. The van der Waals surface area contributed by atoms with Crippen LogP contribution in [0.15, 0.2) is 0 Å². The molecule has 7 nitrogen and oxygen atoms in total. The molecule has 3 N–H and O–H groups in total. The van der Waals surface area contributed by atoms with Crippen molar-refractivity contribution in [1.82, 2.24) is 5.32 Å². The lowest BCUT2D eigenvalue weighted by Crippen LogP contribution is -2.55. The molecule has 0 saturated heterocycles. The SMILES string of the molecule is COC(=O)N[C@H]1C(=O)CCC(=O)[C@@H]1C(N)=O. The molecule has 88 valence electrons. The number of ether oxygens (including phenoxy) is 1. The second kappa shape index (κ2) is 4.73. The van der Waals surface area contributed by atoms with Crippen molar-refractivity contribution in [2.24, 2.45) is 11.7 Å². The van der Waals surface area contributed by atoms with Gasteiger partial charge in [-0.15, -0.1) is 0 Å². The summed E-state index contributed by atoms with van der Waals surface area (Å²) < 4.78 is 4.30. The quantitative estimate of drug-likeness (QED) is 0.572. The summed E-state index contributed by atoms with van der Waals surface area (Å²) in [4.78, 5) is 44.9. The summed E-state index contributed by atoms with van der Waals surface area (Å²) in [6, 6.07) is -1.20. The molecular weight excluding hydrogens is 216 g/mol. The van der Waals surface area contributed by atoms with Gasteiger partial charge in [-0.05, 0) is 0 Å². The van der Waals surface area contributed by atoms with E-state index in [0.29, 0.717) is 0 Å². The summed E-state index contributed by atoms with van der Waals surface area (Å²) >= 11 is 0. The van der Waals surface area contributed by atoms with E-state index < -0.39 is 35.5 Å². The second-order valence-electron chi connectivity index (χ2n) is 3.43. The standard InChI is InChI=1S/C9H12N2O5/c1-16-9(15)11-7-5(13)3-2-4(12)6(7)8(10)14/h6-7H,2-3H2,1H3,(H2,10,14)(H,11,15)/t6-,7-/m0/s1. The number of hydrogen-bond acceptors (Lipinski definition) is 5. The normalized spacial score (nSPS) is 25.1. The molecule has 0 radical (unpaired) electrons. The monoisotopic (exact) mass is 228 g/mol. The highest BCUT2D eigenvalue weighted by atomic mass is 16.5. The van der Waals surface area contributed by atoms with Gasteiger partial charge >= 0.3 is 6.09 Å². The van der Waals surface area contributed by atoms with Gasteiger partial charge in [0.1, 0.15) is 17.7 Å². The minimum absolute atomic E-state index is 0.00270. The van der Waals surface area contributed by atoms with Crippen molar-refractivity contribution in [2.45, 2.75) is 18.9 Å². The van der Waals surface area contributed by atoms with E-state index in [-0.39, 0.29) is 12.8 Å². The van der Waals surface area contributed by atoms with Gasteiger partial charge in [0.15, 0.2) is 5.78 Å². The number of carbonyl (C=O) groups excluding carboxylic acids is 4. The number of carbonyl (C=O) groups is 4. The Bertz CT molecular complexity index is 352. The van der Waals surface area contributed by atoms with Crippen LogP contribution in [0.2, 0.25) is 0 Å². The number of ketones is 2. The van der Waals surface area contributed by atoms with E-state index in [1.54, 1.807) is 0 Å². The number of alkyl carbamates (subject to hydrolysis) is 1. The number of primary amides is 1. The molecular formula is C9H12N2O5. The molecule has 1 aliphatic carbocycles. The third-order valence-electron chi connectivity index (χ3n) is 2.41. The minimum atomic E-state index is -1.29. The van der Waals surface area contributed by atoms with Crippen LogP contribution < -0.4 is 11.1 Å². The molecule has 0 aromatic rings. The van der Waals surface area contributed by atoms with Crippen molar-refractivity contribution < 1.29 is 23.9 Å². The van der Waals surface area contributed by atoms with E-state index in [1.165, 1.54) is 0 Å². The van der Waals surface area contributed by atoms with Crippen molar-refractivity contribution in [2.75, 3.05) is 7.11 Å². The molecule has 0 aliphatic heterocycles. The maximum Gasteiger partial charge on any atom is 0.407 e. The van der Waals surface area contributed by atoms with Gasteiger partial charge in [0, 0.05) is 12.8 Å². The zero-order valence-corrected chi connectivity index (χ0v) is 8.69. The fourth-order valence-electron chi connectivity index (χ4n) is 1.60. The molecule has 1 rings (SSSR count). The van der Waals surface area contributed by atoms with Crippen LogP contribution in [0.1, 0.15) is 12.8 Å². The lowest BCUT2D eigenvalue weighted by atomic mass is 9.82. The van der Waals surface area contributed by atoms with Gasteiger partial charge < -0.3 is 15.8 Å². The molecule has 1 saturated carbocycles. The average Bonchev–Trinajstić information content (AvgIpc) is 2.22. The zero-order valence-electron chi connectivity index (χ0n) is 8.69. The highest BCUT2D eigenvalue weighted by Crippen LogP contribution is 2.18. The highest BCUT2D eigenvalue weighted by Gasteiger charge is 2.42. The second-order valence-corrected chi connectivity index (χ2v) is 3.43. The Morgan fingerprint density at radius 2 is 1.88 bits per heavy atom. The first-order valence-electron chi connectivity index (χ1n) is 4.66. The van der Waals surface area contributed by atoms with Crippen molar-refractivity contribution in [3.8, 4) is 0 Å². The predicted octanol–water partition coefficient (Wildman–Crippen LogP) is -1.26. The summed E-state index contributed by atoms with van der Waals surface area (Å²) in [6.07, 6.45) is -0.900. The maximum absolute atomic E-state index is 11.5. The third kappa shape index (κ3) is 2.36. The van der Waals surface area contributed by atoms with Gasteiger partial charge in [-0.3, -0.25) is 14.4 Å². The number of hydrogen-bond donors (Lipinski definition) is 2. The van der Waals surface area contributed by atoms with Gasteiger partial charge in [0.2, 0.25) is 5.91 Å². The lowest BCUT2D eigenvalue weighted by molar-refractivity contribution is -0.141. The first-order valence-corrected chi connectivity index (χ1v) is 4.66. The molecule has 16 heavy (non-hydrogen) atoms. The molecule has 1 fully saturated rings. The fraction of sp³-hybridized carbons (Fsp3) is 0.556. The number of nitrogens with one attached hydrogen (secondary N) is 1. The Morgan fingerprint density at radius 3 is 2.38 bits per heavy atom. The van der Waals surface area contributed by atoms with Crippen LogP contribution in [0.3, 0.4) is 0 Å². The van der Waals surface area contributed by atoms with Gasteiger partial charge in [0.05, 0.1) is 7.11 Å². The largest absolute Gasteiger partial charge is 0.453 e. The molecule has 0 unspecified atom stereocenters. The van der Waals surface area contributed by atoms with E-state index in [2.05, 4.69) is 10.1 Å². The van der Waals surface area contributed by atoms with Gasteiger partial charge in [0.25, 0.3) is 0 Å². The summed E-state index contributed by atoms with van der Waals surface area (Å²) in [6.45, 7) is 0. The fourth-order valence-corrected chi connectivity index (χ4v) is 1.60. The lowest BCUT2D eigenvalue weighted by Gasteiger charge is -2.26. The van der Waals surface area contributed by atoms with Crippen LogP contribution in [-0.2, 0) is 19.1 Å². The minimum Gasteiger partial charge on any atom is -0.453 e. The highest BCUT2D eigenvalue weighted by molar-refractivity contribution is 6.10. The smallest absolute Gasteiger partial charge is 0.407 e. The van der Waals surface area contributed by atoms with Crippen molar-refractivity contribution in [3.63, 3.8) is 0 Å². The molecule has 0 aromatic carbocycles. The first-order chi connectivity index (χ1) is 7.47. The van der Waals surface area contributed by atoms with Crippen LogP contribution in [0, 0.1) is 5.92 Å². The van der Waals surface area contributed by atoms with E-state index >= 15 is 0 Å². The van der Waals surface area contributed by atoms with Crippen LogP contribution >= 0.6 is 0 Å². The summed E-state index contributed by atoms with van der Waals surface area (Å²) in [5, 5.41) is 2.15. The topological polar surface area (TPSA) is 116 Å². The molecule has 2 atom stereocenters. The number of Topliss-reactive ketones (excluding diaryl/α,β-unsaturated/α-hetero) is 2. The molecule has 0 aromatic heterocycles. The Morgan fingerprint density at radius 1 is 1.31 bits per heavy atom. The van der Waals surface area contributed by atoms with Gasteiger partial charge in [-0.1, -0.05) is 0 Å². The third-order valence-corrected chi connectivity index (χ3v) is 2.41. The van der Waals surface area contributed by atoms with Crippen molar-refractivity contribution >= 4 is 23.6 Å². The first kappa shape index (κ1) is 12.2. The van der Waals surface area contributed by atoms with Crippen LogP contribution in [-0.4, -0.2) is 36.7 Å². The van der Waals surface area contributed by atoms with Crippen LogP contribution in [0.4, 0.5) is 4.79 Å². The predicted molar refractivity (Wildman–Crippen MR) is 51.3 cm³/mol. The number of rotatable bonds is 2. The molecule has 0 heterocycles. The molecule has 7 heteroatoms. The van der Waals surface area contributed by atoms with Crippen molar-refractivity contribution in [3.05, 3.63) is 0 Å². The zero-order chi connectivity index (χ0) is 12.3. The Labute approximate surface area is 91.3 Å². The number of amides is 2. The molecule has 2 amide bonds. The molecule has 0 bridgehead atoms. The summed E-state index contributed by atoms with van der Waals surface area (Å²) in [5.41, 5.74) is 5.02. The average molecular weight is 228 g/mol. The molecule has 0 spiro atoms. The van der Waals surface area contributed by atoms with E-state index in [1.807, 2.05) is 0 Å². The molecule has 1 aliphatic rings. The Balaban J connectivity index is 2.89. The Hall–Kier alpha value is -1.92. The van der Waals surface area contributed by atoms with E-state index in [0.717, 1.165) is 7.11 Å². The van der Waals surface area contributed by atoms with Gasteiger partial charge in [-0.25, -0.2) is 4.79 Å². The number of methoxy groups -OCH3 is 1. The van der Waals surface area contributed by atoms with E-state index in [9.17, 15) is 19.2 Å². The van der Waals surface area contributed by atoms with Crippen LogP contribution in [0.5, 0.6) is 0 Å². The summed E-state index contributed by atoms with van der Waals surface area (Å²) in [5.74, 6) is -3.04.